The molecule has 29 heavy (non-hydrogen) atoms. The molecule has 2 aromatic heterocycles. The van der Waals surface area contributed by atoms with Crippen molar-refractivity contribution in [2.75, 3.05) is 17.8 Å². The van der Waals surface area contributed by atoms with Crippen LogP contribution in [0.15, 0.2) is 35.7 Å². The highest BCUT2D eigenvalue weighted by Crippen LogP contribution is 2.32. The maximum atomic E-state index is 10.3. The minimum atomic E-state index is -1.28. The highest BCUT2D eigenvalue weighted by Gasteiger charge is 2.44. The van der Waals surface area contributed by atoms with Crippen molar-refractivity contribution >= 4 is 40.7 Å². The van der Waals surface area contributed by atoms with E-state index < -0.39 is 31.1 Å². The van der Waals surface area contributed by atoms with E-state index in [4.69, 9.17) is 22.1 Å². The Morgan fingerprint density at radius 2 is 2.00 bits per heavy atom. The summed E-state index contributed by atoms with van der Waals surface area (Å²) in [4.78, 5) is 12.6. The number of nitrogens with zero attached hydrogens (tertiary/aromatic N) is 5. The number of nitrogen functional groups attached to an aromatic ring is 1. The number of imidazole rings is 1. The van der Waals surface area contributed by atoms with Crippen molar-refractivity contribution in [1.82, 2.24) is 19.5 Å². The van der Waals surface area contributed by atoms with Crippen LogP contribution in [0.2, 0.25) is 5.02 Å². The van der Waals surface area contributed by atoms with Gasteiger partial charge in [-0.1, -0.05) is 23.7 Å². The van der Waals surface area contributed by atoms with Crippen molar-refractivity contribution < 1.29 is 20.1 Å². The van der Waals surface area contributed by atoms with Gasteiger partial charge in [-0.3, -0.25) is 4.57 Å². The Labute approximate surface area is 169 Å². The minimum Gasteiger partial charge on any atom is -0.394 e. The van der Waals surface area contributed by atoms with E-state index in [1.165, 1.54) is 10.9 Å². The highest BCUT2D eigenvalue weighted by atomic mass is 35.5. The third-order valence-corrected chi connectivity index (χ3v) is 4.74. The number of rotatable bonds is 5. The molecule has 1 aliphatic heterocycles. The van der Waals surface area contributed by atoms with Gasteiger partial charge in [-0.05, 0) is 17.7 Å². The van der Waals surface area contributed by atoms with Gasteiger partial charge in [0, 0.05) is 5.02 Å². The third-order valence-electron chi connectivity index (χ3n) is 4.49. The number of nitrogens with two attached hydrogens (primary N) is 1. The predicted octanol–water partition coefficient (Wildman–Crippen LogP) is 0.119. The molecular formula is C17H18ClN7O4. The number of aliphatic hydroxyl groups is 3. The normalized spacial score (nSPS) is 24.6. The average Bonchev–Trinajstić information content (AvgIpc) is 3.25. The molecule has 0 amide bonds. The first-order valence-corrected chi connectivity index (χ1v) is 9.03. The smallest absolute Gasteiger partial charge is 0.247 e. The minimum absolute atomic E-state index is 0.102. The van der Waals surface area contributed by atoms with Crippen LogP contribution in [0, 0.1) is 0 Å². The Bertz CT molecular complexity index is 1040. The number of ether oxygens (including phenoxy) is 1. The number of benzene rings is 1. The van der Waals surface area contributed by atoms with E-state index in [1.807, 2.05) is 0 Å². The molecular weight excluding hydrogens is 402 g/mol. The summed E-state index contributed by atoms with van der Waals surface area (Å²) in [7, 11) is 0. The van der Waals surface area contributed by atoms with E-state index in [1.54, 1.807) is 30.5 Å². The van der Waals surface area contributed by atoms with Gasteiger partial charge in [0.2, 0.25) is 5.95 Å². The fourth-order valence-corrected chi connectivity index (χ4v) is 3.12. The van der Waals surface area contributed by atoms with Gasteiger partial charge in [-0.2, -0.15) is 15.1 Å². The van der Waals surface area contributed by atoms with Crippen molar-refractivity contribution in [2.24, 2.45) is 5.10 Å². The molecule has 0 spiro atoms. The molecule has 0 unspecified atom stereocenters. The molecule has 3 heterocycles. The van der Waals surface area contributed by atoms with Crippen LogP contribution in [0.1, 0.15) is 11.8 Å². The summed E-state index contributed by atoms with van der Waals surface area (Å²) in [5.74, 6) is 0.207. The third kappa shape index (κ3) is 3.73. The first-order chi connectivity index (χ1) is 14.0. The summed E-state index contributed by atoms with van der Waals surface area (Å²) in [6.45, 7) is -0.440. The van der Waals surface area contributed by atoms with Gasteiger partial charge in [-0.25, -0.2) is 10.4 Å². The summed E-state index contributed by atoms with van der Waals surface area (Å²) in [5.41, 5.74) is 10.0. The Hall–Kier alpha value is -2.83. The first-order valence-electron chi connectivity index (χ1n) is 8.65. The lowest BCUT2D eigenvalue weighted by atomic mass is 10.1. The Kier molecular flexibility index (Phi) is 5.30. The maximum Gasteiger partial charge on any atom is 0.247 e. The summed E-state index contributed by atoms with van der Waals surface area (Å²) in [6, 6.07) is 7.07. The number of hydrogen-bond acceptors (Lipinski definition) is 10. The van der Waals surface area contributed by atoms with Crippen molar-refractivity contribution in [2.45, 2.75) is 24.5 Å². The number of aromatic nitrogens is 4. The molecule has 0 radical (unpaired) electrons. The van der Waals surface area contributed by atoms with Gasteiger partial charge in [0.25, 0.3) is 0 Å². The Morgan fingerprint density at radius 3 is 2.69 bits per heavy atom. The molecule has 4 atom stereocenters. The summed E-state index contributed by atoms with van der Waals surface area (Å²) in [5, 5.41) is 34.2. The fourth-order valence-electron chi connectivity index (χ4n) is 3.00. The lowest BCUT2D eigenvalue weighted by Gasteiger charge is -2.16. The molecule has 152 valence electrons. The fraction of sp³-hybridized carbons (Fsp3) is 0.294. The number of aliphatic hydroxyl groups excluding tert-OH is 3. The van der Waals surface area contributed by atoms with E-state index in [-0.39, 0.29) is 17.4 Å². The quantitative estimate of drug-likeness (QED) is 0.285. The number of hydrogen-bond donors (Lipinski definition) is 5. The second-order valence-electron chi connectivity index (χ2n) is 6.41. The zero-order chi connectivity index (χ0) is 20.5. The summed E-state index contributed by atoms with van der Waals surface area (Å²) >= 11 is 5.85. The van der Waals surface area contributed by atoms with Gasteiger partial charge in [0.05, 0.1) is 19.1 Å². The van der Waals surface area contributed by atoms with Gasteiger partial charge in [0.15, 0.2) is 17.7 Å². The first kappa shape index (κ1) is 19.5. The number of hydrazone groups is 1. The zero-order valence-electron chi connectivity index (χ0n) is 14.9. The number of anilines is 2. The Balaban J connectivity index is 1.61. The lowest BCUT2D eigenvalue weighted by molar-refractivity contribution is -0.0511. The van der Waals surface area contributed by atoms with Gasteiger partial charge < -0.3 is 25.8 Å². The number of nitrogens with one attached hydrogen (secondary N) is 1. The molecule has 3 aromatic rings. The van der Waals surface area contributed by atoms with E-state index in [2.05, 4.69) is 25.5 Å². The maximum absolute atomic E-state index is 10.3. The van der Waals surface area contributed by atoms with Crippen molar-refractivity contribution in [3.05, 3.63) is 41.2 Å². The van der Waals surface area contributed by atoms with Gasteiger partial charge in [-0.15, -0.1) is 0 Å². The molecule has 1 aromatic carbocycles. The van der Waals surface area contributed by atoms with Crippen LogP contribution in [0.25, 0.3) is 11.2 Å². The monoisotopic (exact) mass is 419 g/mol. The molecule has 1 fully saturated rings. The van der Waals surface area contributed by atoms with Crippen LogP contribution < -0.4 is 11.2 Å². The van der Waals surface area contributed by atoms with Gasteiger partial charge >= 0.3 is 0 Å². The van der Waals surface area contributed by atoms with Crippen molar-refractivity contribution in [3.8, 4) is 0 Å². The van der Waals surface area contributed by atoms with Crippen molar-refractivity contribution in [3.63, 3.8) is 0 Å². The summed E-state index contributed by atoms with van der Waals surface area (Å²) in [6.07, 6.45) is -1.51. The second kappa shape index (κ2) is 7.89. The van der Waals surface area contributed by atoms with Gasteiger partial charge in [0.1, 0.15) is 23.8 Å². The van der Waals surface area contributed by atoms with E-state index in [0.29, 0.717) is 10.5 Å². The molecule has 11 nitrogen and oxygen atoms in total. The molecule has 0 bridgehead atoms. The lowest BCUT2D eigenvalue weighted by Crippen LogP contribution is -2.33. The molecule has 0 saturated carbocycles. The predicted molar refractivity (Wildman–Crippen MR) is 105 cm³/mol. The van der Waals surface area contributed by atoms with Crippen molar-refractivity contribution in [1.29, 1.82) is 0 Å². The highest BCUT2D eigenvalue weighted by molar-refractivity contribution is 6.30. The number of halogens is 1. The number of fused-ring (bicyclic) bond motifs is 1. The van der Waals surface area contributed by atoms with Crippen LogP contribution >= 0.6 is 11.6 Å². The molecule has 6 N–H and O–H groups in total. The topological polar surface area (TPSA) is 164 Å². The van der Waals surface area contributed by atoms with Crippen LogP contribution in [-0.2, 0) is 4.74 Å². The van der Waals surface area contributed by atoms with E-state index in [0.717, 1.165) is 5.56 Å². The van der Waals surface area contributed by atoms with E-state index in [9.17, 15) is 15.3 Å². The Morgan fingerprint density at radius 1 is 1.24 bits per heavy atom. The van der Waals surface area contributed by atoms with Crippen LogP contribution in [0.4, 0.5) is 11.8 Å². The largest absolute Gasteiger partial charge is 0.394 e. The molecule has 12 heteroatoms. The molecule has 4 rings (SSSR count). The molecule has 1 aliphatic rings. The summed E-state index contributed by atoms with van der Waals surface area (Å²) < 4.78 is 6.95. The standard InChI is InChI=1S/C17H18ClN7O4/c18-9-3-1-8(2-4-9)5-21-24-17-22-14(19)11-15(23-17)25(7-20-11)16-13(28)12(27)10(6-26)29-16/h1-5,7,10,12-13,16,26-28H,6H2,(H3,19,22,23,24)/t10-,12-,13-,16-/m1/s1. The van der Waals surface area contributed by atoms with Crippen LogP contribution in [0.3, 0.4) is 0 Å². The van der Waals surface area contributed by atoms with E-state index >= 15 is 0 Å². The van der Waals surface area contributed by atoms with Crippen LogP contribution in [-0.4, -0.2) is 66.0 Å². The SMILES string of the molecule is Nc1nc(NN=Cc2ccc(Cl)cc2)nc2c1ncn2[C@@H]1O[C@H](CO)[C@@H](O)[C@H]1O. The average molecular weight is 420 g/mol. The second-order valence-corrected chi connectivity index (χ2v) is 6.84. The van der Waals surface area contributed by atoms with Crippen LogP contribution in [0.5, 0.6) is 0 Å². The molecule has 0 aliphatic carbocycles. The molecule has 1 saturated heterocycles. The zero-order valence-corrected chi connectivity index (χ0v) is 15.7.